The van der Waals surface area contributed by atoms with Crippen LogP contribution in [0.4, 0.5) is 23.0 Å². The number of hydrogen-bond acceptors (Lipinski definition) is 7. The number of nitrogens with one attached hydrogen (secondary N) is 1. The molecule has 0 bridgehead atoms. The van der Waals surface area contributed by atoms with Gasteiger partial charge >= 0.3 is 0 Å². The zero-order valence-corrected chi connectivity index (χ0v) is 18.7. The number of hydrogen-bond donors (Lipinski definition) is 1. The Balaban J connectivity index is 1.15. The van der Waals surface area contributed by atoms with Gasteiger partial charge in [0, 0.05) is 43.0 Å². The van der Waals surface area contributed by atoms with Crippen LogP contribution in [0.25, 0.3) is 0 Å². The maximum Gasteiger partial charge on any atom is 0.247 e. The zero-order chi connectivity index (χ0) is 22.5. The number of carbonyl (C=O) groups excluding carboxylic acids is 1. The molecule has 3 aliphatic heterocycles. The Labute approximate surface area is 193 Å². The molecule has 1 aliphatic carbocycles. The molecule has 2 aromatic rings. The van der Waals surface area contributed by atoms with Crippen molar-refractivity contribution in [3.8, 4) is 6.07 Å². The molecule has 8 nitrogen and oxygen atoms in total. The van der Waals surface area contributed by atoms with Crippen LogP contribution in [0.5, 0.6) is 0 Å². The summed E-state index contributed by atoms with van der Waals surface area (Å²) in [6.45, 7) is 4.39. The Hall–Kier alpha value is -3.18. The maximum absolute atomic E-state index is 13.1. The van der Waals surface area contributed by atoms with Gasteiger partial charge in [0.2, 0.25) is 5.91 Å². The highest BCUT2D eigenvalue weighted by Gasteiger charge is 2.56. The average Bonchev–Trinajstić information content (AvgIpc) is 3.62. The highest BCUT2D eigenvalue weighted by molar-refractivity contribution is 6.02. The lowest BCUT2D eigenvalue weighted by molar-refractivity contribution is -0.123. The lowest BCUT2D eigenvalue weighted by atomic mass is 9.78. The number of piperidine rings is 1. The van der Waals surface area contributed by atoms with Crippen molar-refractivity contribution in [2.45, 2.75) is 32.1 Å². The molecule has 2 aromatic heterocycles. The number of amides is 1. The number of anilines is 4. The van der Waals surface area contributed by atoms with Crippen LogP contribution >= 0.6 is 0 Å². The van der Waals surface area contributed by atoms with Gasteiger partial charge in [-0.15, -0.1) is 0 Å². The van der Waals surface area contributed by atoms with Crippen molar-refractivity contribution < 1.29 is 9.53 Å². The molecule has 33 heavy (non-hydrogen) atoms. The lowest BCUT2D eigenvalue weighted by Crippen LogP contribution is -2.54. The molecule has 1 amide bonds. The third-order valence-electron chi connectivity index (χ3n) is 7.73. The summed E-state index contributed by atoms with van der Waals surface area (Å²) in [6.07, 6.45) is 8.58. The summed E-state index contributed by atoms with van der Waals surface area (Å²) in [5, 5.41) is 13.0. The van der Waals surface area contributed by atoms with E-state index in [0.717, 1.165) is 50.5 Å². The number of rotatable bonds is 5. The third-order valence-corrected chi connectivity index (χ3v) is 7.73. The van der Waals surface area contributed by atoms with E-state index in [4.69, 9.17) is 4.74 Å². The van der Waals surface area contributed by atoms with Crippen LogP contribution in [0, 0.1) is 28.1 Å². The smallest absolute Gasteiger partial charge is 0.247 e. The summed E-state index contributed by atoms with van der Waals surface area (Å²) in [7, 11) is 0. The fourth-order valence-corrected chi connectivity index (χ4v) is 5.62. The summed E-state index contributed by atoms with van der Waals surface area (Å²) in [4.78, 5) is 26.3. The first-order chi connectivity index (χ1) is 16.1. The summed E-state index contributed by atoms with van der Waals surface area (Å²) in [5.41, 5.74) is 1.39. The van der Waals surface area contributed by atoms with Crippen LogP contribution in [0.2, 0.25) is 0 Å². The Bertz CT molecular complexity index is 1100. The van der Waals surface area contributed by atoms with Gasteiger partial charge in [0.15, 0.2) is 0 Å². The predicted molar refractivity (Wildman–Crippen MR) is 124 cm³/mol. The zero-order valence-electron chi connectivity index (χ0n) is 18.7. The molecule has 3 saturated heterocycles. The number of nitriles is 1. The highest BCUT2D eigenvalue weighted by Crippen LogP contribution is 2.52. The van der Waals surface area contributed by atoms with Crippen molar-refractivity contribution in [3.63, 3.8) is 0 Å². The SMILES string of the molecule is N#C[C@@]1(C2CC2)CCN(c2ccnc(Nc3ccc(N4CCCC5(COC5)C4)cn3)c2)C1=O. The van der Waals surface area contributed by atoms with Crippen molar-refractivity contribution in [1.29, 1.82) is 5.26 Å². The van der Waals surface area contributed by atoms with Gasteiger partial charge in [0.1, 0.15) is 17.1 Å². The summed E-state index contributed by atoms with van der Waals surface area (Å²) >= 11 is 0. The lowest BCUT2D eigenvalue weighted by Gasteiger charge is -2.48. The monoisotopic (exact) mass is 444 g/mol. The molecular formula is C25H28N6O2. The molecule has 0 aromatic carbocycles. The fraction of sp³-hybridized carbons (Fsp3) is 0.520. The Morgan fingerprint density at radius 1 is 1.09 bits per heavy atom. The molecule has 6 rings (SSSR count). The van der Waals surface area contributed by atoms with Crippen molar-refractivity contribution in [2.24, 2.45) is 16.7 Å². The largest absolute Gasteiger partial charge is 0.380 e. The average molecular weight is 445 g/mol. The number of aromatic nitrogens is 2. The topological polar surface area (TPSA) is 94.4 Å². The minimum absolute atomic E-state index is 0.0664. The van der Waals surface area contributed by atoms with Crippen LogP contribution in [-0.2, 0) is 9.53 Å². The van der Waals surface area contributed by atoms with E-state index in [0.29, 0.717) is 30.0 Å². The van der Waals surface area contributed by atoms with Crippen molar-refractivity contribution in [1.82, 2.24) is 9.97 Å². The second-order valence-corrected chi connectivity index (χ2v) is 10.0. The molecule has 1 saturated carbocycles. The number of ether oxygens (including phenoxy) is 1. The summed E-state index contributed by atoms with van der Waals surface area (Å²) in [6, 6.07) is 10.1. The van der Waals surface area contributed by atoms with Gasteiger partial charge in [0.25, 0.3) is 0 Å². The fourth-order valence-electron chi connectivity index (χ4n) is 5.62. The first kappa shape index (κ1) is 20.4. The van der Waals surface area contributed by atoms with E-state index < -0.39 is 5.41 Å². The second-order valence-electron chi connectivity index (χ2n) is 10.0. The van der Waals surface area contributed by atoms with Crippen LogP contribution in [0.3, 0.4) is 0 Å². The molecule has 0 radical (unpaired) electrons. The van der Waals surface area contributed by atoms with Gasteiger partial charge < -0.3 is 19.9 Å². The molecule has 1 N–H and O–H groups in total. The Kier molecular flexibility index (Phi) is 4.77. The van der Waals surface area contributed by atoms with Crippen LogP contribution in [0.1, 0.15) is 32.1 Å². The van der Waals surface area contributed by atoms with E-state index in [1.807, 2.05) is 24.4 Å². The maximum atomic E-state index is 13.1. The quantitative estimate of drug-likeness (QED) is 0.754. The molecule has 4 aliphatic rings. The van der Waals surface area contributed by atoms with Gasteiger partial charge in [-0.25, -0.2) is 9.97 Å². The van der Waals surface area contributed by atoms with Gasteiger partial charge in [-0.1, -0.05) is 0 Å². The number of nitrogens with zero attached hydrogens (tertiary/aromatic N) is 5. The Morgan fingerprint density at radius 2 is 1.97 bits per heavy atom. The normalized spacial score (nSPS) is 26.2. The van der Waals surface area contributed by atoms with E-state index >= 15 is 0 Å². The minimum atomic E-state index is -0.840. The second kappa shape index (κ2) is 7.70. The van der Waals surface area contributed by atoms with E-state index in [1.54, 1.807) is 11.1 Å². The summed E-state index contributed by atoms with van der Waals surface area (Å²) in [5.74, 6) is 1.49. The van der Waals surface area contributed by atoms with E-state index in [-0.39, 0.29) is 11.8 Å². The molecule has 170 valence electrons. The molecular weight excluding hydrogens is 416 g/mol. The molecule has 4 fully saturated rings. The molecule has 1 spiro atoms. The molecule has 8 heteroatoms. The predicted octanol–water partition coefficient (Wildman–Crippen LogP) is 3.49. The standard InChI is InChI=1S/C25H28N6O2/c26-14-25(18-2-3-18)8-11-31(23(25)32)19-6-9-27-22(12-19)29-21-5-4-20(13-28-21)30-10-1-7-24(15-30)16-33-17-24/h4-6,9,12-13,18H,1-3,7-8,10-11,15-17H2,(H,27,28,29)/t25-/m1/s1. The first-order valence-electron chi connectivity index (χ1n) is 11.9. The van der Waals surface area contributed by atoms with Crippen LogP contribution in [-0.4, -0.2) is 48.7 Å². The number of pyridine rings is 2. The molecule has 5 heterocycles. The van der Waals surface area contributed by atoms with Gasteiger partial charge in [-0.05, 0) is 56.2 Å². The van der Waals surface area contributed by atoms with Gasteiger partial charge in [0.05, 0.1) is 31.2 Å². The first-order valence-corrected chi connectivity index (χ1v) is 11.9. The molecule has 0 unspecified atom stereocenters. The summed E-state index contributed by atoms with van der Waals surface area (Å²) < 4.78 is 5.47. The van der Waals surface area contributed by atoms with E-state index in [9.17, 15) is 10.1 Å². The Morgan fingerprint density at radius 3 is 2.67 bits per heavy atom. The van der Waals surface area contributed by atoms with Crippen molar-refractivity contribution >= 4 is 28.9 Å². The van der Waals surface area contributed by atoms with E-state index in [1.165, 1.54) is 12.8 Å². The van der Waals surface area contributed by atoms with Gasteiger partial charge in [-0.2, -0.15) is 5.26 Å². The van der Waals surface area contributed by atoms with Crippen molar-refractivity contribution in [3.05, 3.63) is 36.7 Å². The molecule has 1 atom stereocenters. The highest BCUT2D eigenvalue weighted by atomic mass is 16.5. The van der Waals surface area contributed by atoms with E-state index in [2.05, 4.69) is 32.3 Å². The number of carbonyl (C=O) groups is 1. The van der Waals surface area contributed by atoms with Crippen molar-refractivity contribution in [2.75, 3.05) is 48.0 Å². The van der Waals surface area contributed by atoms with Crippen LogP contribution < -0.4 is 15.1 Å². The van der Waals surface area contributed by atoms with Gasteiger partial charge in [-0.3, -0.25) is 4.79 Å². The minimum Gasteiger partial charge on any atom is -0.380 e. The van der Waals surface area contributed by atoms with Crippen LogP contribution in [0.15, 0.2) is 36.7 Å². The third kappa shape index (κ3) is 3.51.